The molecular formula is C21H28N4O. The van der Waals surface area contributed by atoms with Gasteiger partial charge in [0.2, 0.25) is 0 Å². The Bertz CT molecular complexity index is 829. The molecule has 0 aliphatic carbocycles. The maximum Gasteiger partial charge on any atom is 0.138 e. The Morgan fingerprint density at radius 1 is 1.00 bits per heavy atom. The molecule has 0 spiro atoms. The van der Waals surface area contributed by atoms with Crippen LogP contribution >= 0.6 is 0 Å². The van der Waals surface area contributed by atoms with Gasteiger partial charge >= 0.3 is 0 Å². The van der Waals surface area contributed by atoms with Gasteiger partial charge in [-0.1, -0.05) is 51.5 Å². The average Bonchev–Trinajstić information content (AvgIpc) is 3.27. The third-order valence-electron chi connectivity index (χ3n) is 5.10. The van der Waals surface area contributed by atoms with E-state index in [0.717, 1.165) is 35.2 Å². The standard InChI is InChI=1S/C21H28N4O/c1-5-20(2,3)11-18-14-22-19(25-18)21(4,26)10-15-6-8-16(9-7-15)17-12-23-24-13-17/h6-9,12-14,26H,5,10-11H2,1-4H3,(H,22,25)(H,23,24). The van der Waals surface area contributed by atoms with E-state index < -0.39 is 5.60 Å². The monoisotopic (exact) mass is 352 g/mol. The molecule has 2 heterocycles. The predicted molar refractivity (Wildman–Crippen MR) is 104 cm³/mol. The first kappa shape index (κ1) is 18.4. The summed E-state index contributed by atoms with van der Waals surface area (Å²) < 4.78 is 0. The van der Waals surface area contributed by atoms with Crippen molar-refractivity contribution < 1.29 is 5.11 Å². The van der Waals surface area contributed by atoms with Crippen LogP contribution in [0.2, 0.25) is 0 Å². The molecule has 1 aromatic carbocycles. The van der Waals surface area contributed by atoms with Gasteiger partial charge in [-0.15, -0.1) is 0 Å². The minimum atomic E-state index is -1.04. The quantitative estimate of drug-likeness (QED) is 0.595. The van der Waals surface area contributed by atoms with Crippen LogP contribution < -0.4 is 0 Å². The lowest BCUT2D eigenvalue weighted by Gasteiger charge is -2.23. The van der Waals surface area contributed by atoms with Crippen LogP contribution in [0.1, 0.15) is 51.2 Å². The number of H-pyrrole nitrogens is 2. The first-order valence-corrected chi connectivity index (χ1v) is 9.14. The van der Waals surface area contributed by atoms with E-state index in [1.165, 1.54) is 0 Å². The molecule has 0 fully saturated rings. The molecule has 0 saturated heterocycles. The zero-order chi connectivity index (χ0) is 18.8. The molecule has 26 heavy (non-hydrogen) atoms. The van der Waals surface area contributed by atoms with E-state index in [2.05, 4.69) is 40.9 Å². The van der Waals surface area contributed by atoms with E-state index in [-0.39, 0.29) is 5.41 Å². The van der Waals surface area contributed by atoms with Crippen molar-refractivity contribution in [2.24, 2.45) is 5.41 Å². The molecule has 3 rings (SSSR count). The molecule has 1 unspecified atom stereocenters. The fourth-order valence-electron chi connectivity index (χ4n) is 3.07. The van der Waals surface area contributed by atoms with Crippen molar-refractivity contribution in [1.29, 1.82) is 0 Å². The van der Waals surface area contributed by atoms with Gasteiger partial charge in [0.05, 0.1) is 6.20 Å². The lowest BCUT2D eigenvalue weighted by Crippen LogP contribution is -2.26. The zero-order valence-corrected chi connectivity index (χ0v) is 16.0. The Labute approximate surface area is 154 Å². The van der Waals surface area contributed by atoms with Crippen molar-refractivity contribution in [2.75, 3.05) is 0 Å². The summed E-state index contributed by atoms with van der Waals surface area (Å²) in [6, 6.07) is 8.18. The Balaban J connectivity index is 1.71. The van der Waals surface area contributed by atoms with Gasteiger partial charge in [0.15, 0.2) is 0 Å². The normalized spacial score (nSPS) is 14.3. The molecule has 0 amide bonds. The highest BCUT2D eigenvalue weighted by atomic mass is 16.3. The fraction of sp³-hybridized carbons (Fsp3) is 0.429. The molecule has 0 aliphatic heterocycles. The summed E-state index contributed by atoms with van der Waals surface area (Å²) >= 11 is 0. The van der Waals surface area contributed by atoms with Crippen LogP contribution in [0.3, 0.4) is 0 Å². The van der Waals surface area contributed by atoms with Gasteiger partial charge in [-0.25, -0.2) is 4.98 Å². The minimum Gasteiger partial charge on any atom is -0.382 e. The van der Waals surface area contributed by atoms with Crippen molar-refractivity contribution in [3.63, 3.8) is 0 Å². The molecular weight excluding hydrogens is 324 g/mol. The molecule has 0 saturated carbocycles. The van der Waals surface area contributed by atoms with Crippen LogP contribution in [0.5, 0.6) is 0 Å². The van der Waals surface area contributed by atoms with Crippen LogP contribution in [-0.4, -0.2) is 25.3 Å². The molecule has 0 radical (unpaired) electrons. The number of aromatic amines is 2. The smallest absolute Gasteiger partial charge is 0.138 e. The largest absolute Gasteiger partial charge is 0.382 e. The van der Waals surface area contributed by atoms with Gasteiger partial charge in [0, 0.05) is 30.1 Å². The molecule has 1 atom stereocenters. The summed E-state index contributed by atoms with van der Waals surface area (Å²) in [4.78, 5) is 7.77. The van der Waals surface area contributed by atoms with Crippen LogP contribution in [0, 0.1) is 5.41 Å². The fourth-order valence-corrected chi connectivity index (χ4v) is 3.07. The number of aliphatic hydroxyl groups is 1. The molecule has 0 bridgehead atoms. The van der Waals surface area contributed by atoms with Gasteiger partial charge in [-0.05, 0) is 29.9 Å². The van der Waals surface area contributed by atoms with Gasteiger partial charge < -0.3 is 10.1 Å². The number of hydrogen-bond acceptors (Lipinski definition) is 3. The molecule has 3 aromatic rings. The van der Waals surface area contributed by atoms with Crippen molar-refractivity contribution >= 4 is 0 Å². The Kier molecular flexibility index (Phi) is 5.01. The number of benzene rings is 1. The molecule has 138 valence electrons. The van der Waals surface area contributed by atoms with Gasteiger partial charge in [-0.3, -0.25) is 5.10 Å². The Morgan fingerprint density at radius 2 is 1.73 bits per heavy atom. The highest BCUT2D eigenvalue weighted by Crippen LogP contribution is 2.28. The molecule has 2 aromatic heterocycles. The second-order valence-corrected chi connectivity index (χ2v) is 8.09. The number of rotatable bonds is 7. The predicted octanol–water partition coefficient (Wildman–Crippen LogP) is 4.23. The zero-order valence-electron chi connectivity index (χ0n) is 16.0. The van der Waals surface area contributed by atoms with E-state index in [4.69, 9.17) is 0 Å². The third kappa shape index (κ3) is 4.22. The second-order valence-electron chi connectivity index (χ2n) is 8.09. The van der Waals surface area contributed by atoms with Gasteiger partial charge in [-0.2, -0.15) is 5.10 Å². The van der Waals surface area contributed by atoms with E-state index in [0.29, 0.717) is 12.2 Å². The van der Waals surface area contributed by atoms with Crippen LogP contribution in [-0.2, 0) is 18.4 Å². The topological polar surface area (TPSA) is 77.6 Å². The van der Waals surface area contributed by atoms with Crippen LogP contribution in [0.25, 0.3) is 11.1 Å². The number of hydrogen-bond donors (Lipinski definition) is 3. The summed E-state index contributed by atoms with van der Waals surface area (Å²) in [6.45, 7) is 8.49. The Morgan fingerprint density at radius 3 is 2.35 bits per heavy atom. The van der Waals surface area contributed by atoms with Crippen molar-refractivity contribution in [3.8, 4) is 11.1 Å². The van der Waals surface area contributed by atoms with E-state index in [9.17, 15) is 5.11 Å². The number of nitrogens with one attached hydrogen (secondary N) is 2. The molecule has 0 aliphatic rings. The summed E-state index contributed by atoms with van der Waals surface area (Å²) in [5.41, 5.74) is 3.47. The van der Waals surface area contributed by atoms with Gasteiger partial charge in [0.1, 0.15) is 11.4 Å². The number of aromatic nitrogens is 4. The lowest BCUT2D eigenvalue weighted by atomic mass is 9.85. The highest BCUT2D eigenvalue weighted by molar-refractivity contribution is 5.61. The van der Waals surface area contributed by atoms with Crippen LogP contribution in [0.4, 0.5) is 0 Å². The maximum atomic E-state index is 11.0. The van der Waals surface area contributed by atoms with Gasteiger partial charge in [0.25, 0.3) is 0 Å². The highest BCUT2D eigenvalue weighted by Gasteiger charge is 2.28. The molecule has 3 N–H and O–H groups in total. The van der Waals surface area contributed by atoms with E-state index >= 15 is 0 Å². The second kappa shape index (κ2) is 7.08. The summed E-state index contributed by atoms with van der Waals surface area (Å²) in [6.07, 6.45) is 8.04. The summed E-state index contributed by atoms with van der Waals surface area (Å²) in [5, 5.41) is 17.8. The summed E-state index contributed by atoms with van der Waals surface area (Å²) in [7, 11) is 0. The number of imidazole rings is 1. The third-order valence-corrected chi connectivity index (χ3v) is 5.10. The SMILES string of the molecule is CCC(C)(C)Cc1cnc(C(C)(O)Cc2ccc(-c3cn[nH]c3)cc2)[nH]1. The van der Waals surface area contributed by atoms with Crippen molar-refractivity contribution in [3.05, 3.63) is 59.9 Å². The molecule has 5 nitrogen and oxygen atoms in total. The summed E-state index contributed by atoms with van der Waals surface area (Å²) in [5.74, 6) is 0.623. The lowest BCUT2D eigenvalue weighted by molar-refractivity contribution is 0.0488. The van der Waals surface area contributed by atoms with Crippen molar-refractivity contribution in [2.45, 2.75) is 52.6 Å². The van der Waals surface area contributed by atoms with Crippen LogP contribution in [0.15, 0.2) is 42.9 Å². The van der Waals surface area contributed by atoms with E-state index in [1.54, 1.807) is 6.20 Å². The first-order valence-electron chi connectivity index (χ1n) is 9.14. The first-order chi connectivity index (χ1) is 12.3. The Hall–Kier alpha value is -2.40. The number of nitrogens with zero attached hydrogens (tertiary/aromatic N) is 2. The average molecular weight is 352 g/mol. The maximum absolute atomic E-state index is 11.0. The molecule has 5 heteroatoms. The van der Waals surface area contributed by atoms with E-state index in [1.807, 2.05) is 43.6 Å². The van der Waals surface area contributed by atoms with Crippen molar-refractivity contribution in [1.82, 2.24) is 20.2 Å². The minimum absolute atomic E-state index is 0.221.